The second kappa shape index (κ2) is 21.2. The molecule has 7 rings (SSSR count). The monoisotopic (exact) mass is 861 g/mol. The standard InChI is InChI=1S/C49H63N7O7/c1-5-7-13-45(58)62-33-55-43-12-10-9-11-38(43)30-42(49(55)61)37-15-21-53(22-16-37)44(57)31-39(48(60)54-25-23-52(24-26-54)41-17-19-51(4)20-18-41)28-36-27-35(3)47-40(29-36)32-50-56(47)34-63-46(59)14-8-6-2/h5-6,9-12,27,29-30,32,37,39,41H,1-2,7-8,13-26,28,31,33-34H2,3-4H3/t39-/m0/s1. The Balaban J connectivity index is 1.05. The van der Waals surface area contributed by atoms with Gasteiger partial charge in [0.05, 0.1) is 23.1 Å². The van der Waals surface area contributed by atoms with Crippen molar-refractivity contribution >= 4 is 45.6 Å². The van der Waals surface area contributed by atoms with Crippen molar-refractivity contribution in [2.75, 3.05) is 59.4 Å². The van der Waals surface area contributed by atoms with E-state index in [2.05, 4.69) is 35.1 Å². The van der Waals surface area contributed by atoms with Crippen LogP contribution in [0, 0.1) is 12.8 Å². The number of esters is 2. The van der Waals surface area contributed by atoms with Gasteiger partial charge in [-0.05, 0) is 113 Å². The van der Waals surface area contributed by atoms with Crippen LogP contribution in [-0.4, -0.2) is 123 Å². The zero-order valence-corrected chi connectivity index (χ0v) is 37.1. The SMILES string of the molecule is C=CCCC(=O)OCn1ncc2cc(C[C@@H](CC(=O)N3CCC(c4cc5ccccc5n(COC(=O)CCC=C)c4=O)CC3)C(=O)N3CCN(C4CCN(C)CC4)CC3)cc(C)c21. The third-order valence-corrected chi connectivity index (χ3v) is 13.2. The summed E-state index contributed by atoms with van der Waals surface area (Å²) in [6.45, 7) is 15.2. The van der Waals surface area contributed by atoms with Crippen LogP contribution in [0.2, 0.25) is 0 Å². The molecule has 63 heavy (non-hydrogen) atoms. The van der Waals surface area contributed by atoms with Gasteiger partial charge in [0.1, 0.15) is 0 Å². The Kier molecular flexibility index (Phi) is 15.3. The Morgan fingerprint density at radius 2 is 1.48 bits per heavy atom. The lowest BCUT2D eigenvalue weighted by atomic mass is 9.88. The third kappa shape index (κ3) is 11.1. The van der Waals surface area contributed by atoms with Gasteiger partial charge in [0.2, 0.25) is 11.8 Å². The van der Waals surface area contributed by atoms with Gasteiger partial charge in [-0.15, -0.1) is 13.2 Å². The molecule has 2 aromatic heterocycles. The Morgan fingerprint density at radius 1 is 0.810 bits per heavy atom. The van der Waals surface area contributed by atoms with Gasteiger partial charge in [0.25, 0.3) is 5.56 Å². The molecular formula is C49H63N7O7. The second-order valence-electron chi connectivity index (χ2n) is 17.5. The molecule has 0 saturated carbocycles. The number of aryl methyl sites for hydroxylation is 1. The van der Waals surface area contributed by atoms with Crippen molar-refractivity contribution < 1.29 is 28.7 Å². The number of ether oxygens (including phenoxy) is 2. The van der Waals surface area contributed by atoms with Crippen molar-refractivity contribution in [1.29, 1.82) is 0 Å². The van der Waals surface area contributed by atoms with Gasteiger partial charge in [-0.1, -0.05) is 36.4 Å². The Hall–Kier alpha value is -5.60. The molecular weight excluding hydrogens is 799 g/mol. The zero-order chi connectivity index (χ0) is 44.5. The van der Waals surface area contributed by atoms with Crippen LogP contribution in [-0.2, 0) is 48.5 Å². The highest BCUT2D eigenvalue weighted by atomic mass is 16.5. The number of allylic oxidation sites excluding steroid dienone is 2. The molecule has 0 bridgehead atoms. The first-order chi connectivity index (χ1) is 30.5. The number of carbonyl (C=O) groups excluding carboxylic acids is 4. The van der Waals surface area contributed by atoms with Crippen LogP contribution in [0.3, 0.4) is 0 Å². The Bertz CT molecular complexity index is 2350. The number of nitrogens with zero attached hydrogens (tertiary/aromatic N) is 7. The minimum Gasteiger partial charge on any atom is -0.444 e. The summed E-state index contributed by atoms with van der Waals surface area (Å²) in [5.74, 6) is -1.42. The first-order valence-electron chi connectivity index (χ1n) is 22.6. The zero-order valence-electron chi connectivity index (χ0n) is 37.1. The number of para-hydroxylation sites is 1. The quantitative estimate of drug-likeness (QED) is 0.0948. The third-order valence-electron chi connectivity index (χ3n) is 13.2. The molecule has 0 spiro atoms. The summed E-state index contributed by atoms with van der Waals surface area (Å²) in [4.78, 5) is 76.1. The maximum atomic E-state index is 14.6. The van der Waals surface area contributed by atoms with Crippen molar-refractivity contribution in [3.05, 3.63) is 101 Å². The number of rotatable bonds is 17. The lowest BCUT2D eigenvalue weighted by Crippen LogP contribution is -2.55. The van der Waals surface area contributed by atoms with E-state index >= 15 is 0 Å². The van der Waals surface area contributed by atoms with Gasteiger partial charge in [-0.3, -0.25) is 33.4 Å². The highest BCUT2D eigenvalue weighted by molar-refractivity contribution is 5.87. The van der Waals surface area contributed by atoms with Crippen LogP contribution in [0.5, 0.6) is 0 Å². The number of piperazine rings is 1. The molecule has 1 atom stereocenters. The van der Waals surface area contributed by atoms with Crippen molar-refractivity contribution in [2.24, 2.45) is 5.92 Å². The van der Waals surface area contributed by atoms with E-state index in [1.54, 1.807) is 23.0 Å². The van der Waals surface area contributed by atoms with Gasteiger partial charge < -0.3 is 24.2 Å². The molecule has 3 aliphatic heterocycles. The van der Waals surface area contributed by atoms with Crippen LogP contribution in [0.4, 0.5) is 0 Å². The van der Waals surface area contributed by atoms with E-state index in [4.69, 9.17) is 9.47 Å². The largest absolute Gasteiger partial charge is 0.444 e. The summed E-state index contributed by atoms with van der Waals surface area (Å²) >= 11 is 0. The average molecular weight is 862 g/mol. The number of carbonyl (C=O) groups is 4. The predicted molar refractivity (Wildman–Crippen MR) is 243 cm³/mol. The van der Waals surface area contributed by atoms with Crippen LogP contribution in [0.15, 0.2) is 78.8 Å². The van der Waals surface area contributed by atoms with Crippen molar-refractivity contribution in [1.82, 2.24) is 33.9 Å². The van der Waals surface area contributed by atoms with Crippen LogP contribution in [0.25, 0.3) is 21.8 Å². The van der Waals surface area contributed by atoms with E-state index in [0.29, 0.717) is 75.4 Å². The number of pyridine rings is 1. The molecule has 0 radical (unpaired) electrons. The maximum absolute atomic E-state index is 14.6. The maximum Gasteiger partial charge on any atom is 0.307 e. The summed E-state index contributed by atoms with van der Waals surface area (Å²) in [6, 6.07) is 14.1. The number of benzene rings is 2. The first kappa shape index (κ1) is 45.4. The number of amides is 2. The molecule has 2 amide bonds. The topological polar surface area (TPSA) is 140 Å². The highest BCUT2D eigenvalue weighted by Gasteiger charge is 2.34. The fraction of sp³-hybridized carbons (Fsp3) is 0.510. The van der Waals surface area contributed by atoms with Crippen molar-refractivity contribution in [3.8, 4) is 0 Å². The van der Waals surface area contributed by atoms with Crippen molar-refractivity contribution in [3.63, 3.8) is 0 Å². The second-order valence-corrected chi connectivity index (χ2v) is 17.5. The number of likely N-dealkylation sites (tertiary alicyclic amines) is 2. The van der Waals surface area contributed by atoms with E-state index in [1.165, 1.54) is 4.57 Å². The normalized spacial score (nSPS) is 17.5. The number of hydrogen-bond acceptors (Lipinski definition) is 10. The summed E-state index contributed by atoms with van der Waals surface area (Å²) in [5.41, 5.74) is 3.88. The van der Waals surface area contributed by atoms with Crippen LogP contribution in [0.1, 0.15) is 80.4 Å². The fourth-order valence-corrected chi connectivity index (χ4v) is 9.60. The highest BCUT2D eigenvalue weighted by Crippen LogP contribution is 2.31. The molecule has 4 aromatic rings. The summed E-state index contributed by atoms with van der Waals surface area (Å²) < 4.78 is 14.2. The first-order valence-corrected chi connectivity index (χ1v) is 22.6. The average Bonchev–Trinajstić information content (AvgIpc) is 3.72. The van der Waals surface area contributed by atoms with Gasteiger partial charge in [-0.2, -0.15) is 5.10 Å². The van der Waals surface area contributed by atoms with Gasteiger partial charge in [0, 0.05) is 75.5 Å². The molecule has 5 heterocycles. The molecule has 336 valence electrons. The Labute approximate surface area is 370 Å². The predicted octanol–water partition coefficient (Wildman–Crippen LogP) is 5.79. The van der Waals surface area contributed by atoms with Crippen LogP contribution < -0.4 is 5.56 Å². The molecule has 0 unspecified atom stereocenters. The van der Waals surface area contributed by atoms with Gasteiger partial charge >= 0.3 is 11.9 Å². The molecule has 2 aromatic carbocycles. The van der Waals surface area contributed by atoms with E-state index in [9.17, 15) is 24.0 Å². The lowest BCUT2D eigenvalue weighted by molar-refractivity contribution is -0.148. The smallest absolute Gasteiger partial charge is 0.307 e. The molecule has 0 aliphatic carbocycles. The molecule has 0 N–H and O–H groups in total. The van der Waals surface area contributed by atoms with Crippen molar-refractivity contribution in [2.45, 2.75) is 96.6 Å². The summed E-state index contributed by atoms with van der Waals surface area (Å²) in [7, 11) is 2.17. The molecule has 3 fully saturated rings. The number of aromatic nitrogens is 3. The number of hydrogen-bond donors (Lipinski definition) is 0. The minimum absolute atomic E-state index is 0.00164. The Morgan fingerprint density at radius 3 is 2.16 bits per heavy atom. The summed E-state index contributed by atoms with van der Waals surface area (Å²) in [5, 5.41) is 6.26. The molecule has 3 aliphatic rings. The fourth-order valence-electron chi connectivity index (χ4n) is 9.60. The number of piperidine rings is 2. The van der Waals surface area contributed by atoms with Gasteiger partial charge in [0.15, 0.2) is 13.5 Å². The molecule has 14 heteroatoms. The molecule has 3 saturated heterocycles. The number of fused-ring (bicyclic) bond motifs is 2. The van der Waals surface area contributed by atoms with Gasteiger partial charge in [-0.25, -0.2) is 4.68 Å². The molecule has 14 nitrogen and oxygen atoms in total. The van der Waals surface area contributed by atoms with E-state index < -0.39 is 11.9 Å². The summed E-state index contributed by atoms with van der Waals surface area (Å²) in [6.07, 6.45) is 10.5. The van der Waals surface area contributed by atoms with E-state index in [0.717, 1.165) is 66.4 Å². The lowest BCUT2D eigenvalue weighted by Gasteiger charge is -2.43. The van der Waals surface area contributed by atoms with Crippen LogP contribution >= 0.6 is 0 Å². The van der Waals surface area contributed by atoms with E-state index in [1.807, 2.05) is 59.2 Å². The van der Waals surface area contributed by atoms with E-state index in [-0.39, 0.29) is 62.0 Å². The minimum atomic E-state index is -0.565.